The van der Waals surface area contributed by atoms with Gasteiger partial charge in [0.25, 0.3) is 0 Å². The number of benzene rings is 2. The Morgan fingerprint density at radius 3 is 2.00 bits per heavy atom. The van der Waals surface area contributed by atoms with Crippen molar-refractivity contribution in [3.63, 3.8) is 0 Å². The fourth-order valence-electron chi connectivity index (χ4n) is 3.72. The van der Waals surface area contributed by atoms with Gasteiger partial charge in [0.2, 0.25) is 5.88 Å². The van der Waals surface area contributed by atoms with E-state index in [1.807, 2.05) is 48.5 Å². The third-order valence-electron chi connectivity index (χ3n) is 5.58. The first kappa shape index (κ1) is 20.2. The molecule has 3 N–H and O–H groups in total. The Morgan fingerprint density at radius 2 is 1.55 bits per heavy atom. The summed E-state index contributed by atoms with van der Waals surface area (Å²) in [6, 6.07) is 14.9. The molecule has 1 aliphatic carbocycles. The number of amides is 1. The highest BCUT2D eigenvalue weighted by Crippen LogP contribution is 2.48. The van der Waals surface area contributed by atoms with Gasteiger partial charge in [-0.25, -0.2) is 9.79 Å². The predicted molar refractivity (Wildman–Crippen MR) is 119 cm³/mol. The summed E-state index contributed by atoms with van der Waals surface area (Å²) in [6.07, 6.45) is 1.57. The van der Waals surface area contributed by atoms with Crippen LogP contribution in [0.15, 0.2) is 64.5 Å². The lowest BCUT2D eigenvalue weighted by atomic mass is 9.93. The topological polar surface area (TPSA) is 112 Å². The average molecular weight is 416 g/mol. The van der Waals surface area contributed by atoms with Crippen molar-refractivity contribution in [1.82, 2.24) is 0 Å². The third-order valence-corrected chi connectivity index (χ3v) is 5.58. The molecule has 1 aliphatic rings. The molecule has 1 amide bonds. The lowest BCUT2D eigenvalue weighted by Gasteiger charge is -2.11. The molecule has 0 bridgehead atoms. The molecule has 4 rings (SSSR count). The standard InChI is InChI=1S/C24H20N2O5/c1-3-18-19(26-23(29)30)20(31-21(18)25-2)16-6-4-14(5-7-16)15-8-10-17(11-9-15)24(12-13-24)22(27)28/h3-11,26H,1-2,12-13H2,(H,27,28)(H,29,30). The first-order valence-corrected chi connectivity index (χ1v) is 9.60. The summed E-state index contributed by atoms with van der Waals surface area (Å²) in [6.45, 7) is 7.15. The highest BCUT2D eigenvalue weighted by Gasteiger charge is 2.51. The van der Waals surface area contributed by atoms with Gasteiger partial charge in [-0.3, -0.25) is 10.1 Å². The maximum absolute atomic E-state index is 11.5. The number of hydrogen-bond donors (Lipinski definition) is 3. The molecule has 2 aromatic carbocycles. The minimum atomic E-state index is -1.23. The van der Waals surface area contributed by atoms with Gasteiger partial charge in [-0.15, -0.1) is 0 Å². The van der Waals surface area contributed by atoms with Crippen molar-refractivity contribution >= 4 is 36.4 Å². The van der Waals surface area contributed by atoms with Gasteiger partial charge in [0, 0.05) is 5.56 Å². The molecule has 7 heteroatoms. The van der Waals surface area contributed by atoms with Crippen LogP contribution in [0.4, 0.5) is 16.4 Å². The van der Waals surface area contributed by atoms with Crippen molar-refractivity contribution in [2.24, 2.45) is 4.99 Å². The fourth-order valence-corrected chi connectivity index (χ4v) is 3.72. The van der Waals surface area contributed by atoms with Crippen LogP contribution in [-0.4, -0.2) is 29.0 Å². The summed E-state index contributed by atoms with van der Waals surface area (Å²) in [5, 5.41) is 21.0. The maximum Gasteiger partial charge on any atom is 0.409 e. The van der Waals surface area contributed by atoms with Crippen LogP contribution >= 0.6 is 0 Å². The van der Waals surface area contributed by atoms with E-state index in [0.29, 0.717) is 29.7 Å². The fraction of sp³-hybridized carbons (Fsp3) is 0.125. The van der Waals surface area contributed by atoms with Crippen LogP contribution in [0.25, 0.3) is 28.5 Å². The number of aliphatic carboxylic acids is 1. The zero-order chi connectivity index (χ0) is 22.2. The van der Waals surface area contributed by atoms with Crippen LogP contribution in [0.2, 0.25) is 0 Å². The molecule has 1 fully saturated rings. The van der Waals surface area contributed by atoms with Crippen molar-refractivity contribution in [3.05, 3.63) is 66.2 Å². The number of carboxylic acid groups (broad SMARTS) is 2. The molecule has 3 aromatic rings. The quantitative estimate of drug-likeness (QED) is 0.422. The number of carbonyl (C=O) groups is 2. The second kappa shape index (κ2) is 7.60. The van der Waals surface area contributed by atoms with E-state index in [4.69, 9.17) is 4.42 Å². The van der Waals surface area contributed by atoms with Crippen molar-refractivity contribution in [1.29, 1.82) is 0 Å². The number of nitrogens with one attached hydrogen (secondary N) is 1. The number of carboxylic acids is 1. The van der Waals surface area contributed by atoms with Gasteiger partial charge in [-0.1, -0.05) is 61.2 Å². The number of rotatable bonds is 7. The Morgan fingerprint density at radius 1 is 1.00 bits per heavy atom. The van der Waals surface area contributed by atoms with E-state index < -0.39 is 17.5 Å². The number of aliphatic imine (C=N–C) groups is 1. The summed E-state index contributed by atoms with van der Waals surface area (Å²) < 4.78 is 5.72. The molecule has 0 atom stereocenters. The molecule has 1 aromatic heterocycles. The Hall–Kier alpha value is -4.13. The van der Waals surface area contributed by atoms with E-state index in [-0.39, 0.29) is 11.6 Å². The molecule has 0 radical (unpaired) electrons. The van der Waals surface area contributed by atoms with E-state index in [1.54, 1.807) is 0 Å². The molecular weight excluding hydrogens is 396 g/mol. The van der Waals surface area contributed by atoms with Gasteiger partial charge in [0.15, 0.2) is 5.76 Å². The molecule has 7 nitrogen and oxygen atoms in total. The highest BCUT2D eigenvalue weighted by molar-refractivity contribution is 5.95. The second-order valence-corrected chi connectivity index (χ2v) is 7.36. The van der Waals surface area contributed by atoms with Gasteiger partial charge < -0.3 is 14.6 Å². The number of furan rings is 1. The monoisotopic (exact) mass is 416 g/mol. The highest BCUT2D eigenvalue weighted by atomic mass is 16.4. The van der Waals surface area contributed by atoms with Crippen LogP contribution in [-0.2, 0) is 10.2 Å². The van der Waals surface area contributed by atoms with E-state index >= 15 is 0 Å². The van der Waals surface area contributed by atoms with Crippen LogP contribution in [0.3, 0.4) is 0 Å². The molecule has 1 saturated carbocycles. The minimum Gasteiger partial charge on any atom is -0.481 e. The third kappa shape index (κ3) is 3.50. The van der Waals surface area contributed by atoms with Gasteiger partial charge in [0.05, 0.1) is 11.0 Å². The van der Waals surface area contributed by atoms with Gasteiger partial charge in [-0.05, 0) is 36.2 Å². The van der Waals surface area contributed by atoms with E-state index in [2.05, 4.69) is 23.6 Å². The maximum atomic E-state index is 11.5. The van der Waals surface area contributed by atoms with E-state index in [0.717, 1.165) is 16.7 Å². The molecule has 0 saturated heterocycles. The number of nitrogens with zero attached hydrogens (tertiary/aromatic N) is 1. The van der Waals surface area contributed by atoms with Crippen molar-refractivity contribution in [2.75, 3.05) is 5.32 Å². The molecule has 0 spiro atoms. The van der Waals surface area contributed by atoms with E-state index in [1.165, 1.54) is 6.08 Å². The smallest absolute Gasteiger partial charge is 0.409 e. The summed E-state index contributed by atoms with van der Waals surface area (Å²) in [7, 11) is 0. The van der Waals surface area contributed by atoms with Crippen molar-refractivity contribution in [2.45, 2.75) is 18.3 Å². The Balaban J connectivity index is 1.65. The normalized spacial score (nSPS) is 13.9. The lowest BCUT2D eigenvalue weighted by molar-refractivity contribution is -0.140. The Labute approximate surface area is 178 Å². The van der Waals surface area contributed by atoms with Crippen molar-refractivity contribution in [3.8, 4) is 22.5 Å². The Bertz CT molecular complexity index is 1190. The second-order valence-electron chi connectivity index (χ2n) is 7.36. The summed E-state index contributed by atoms with van der Waals surface area (Å²) in [5.41, 5.74) is 3.30. The number of anilines is 1. The van der Waals surface area contributed by atoms with Crippen LogP contribution in [0, 0.1) is 0 Å². The molecule has 156 valence electrons. The van der Waals surface area contributed by atoms with Gasteiger partial charge in [-0.2, -0.15) is 0 Å². The van der Waals surface area contributed by atoms with Crippen LogP contribution in [0.1, 0.15) is 24.0 Å². The first-order valence-electron chi connectivity index (χ1n) is 9.60. The Kier molecular flexibility index (Phi) is 4.94. The molecule has 0 aliphatic heterocycles. The molecule has 31 heavy (non-hydrogen) atoms. The SMILES string of the molecule is C=Cc1c(N=C)oc(-c2ccc(-c3ccc(C4(C(=O)O)CC4)cc3)cc2)c1NC(=O)O. The van der Waals surface area contributed by atoms with Crippen LogP contribution in [0.5, 0.6) is 0 Å². The molecule has 1 heterocycles. The van der Waals surface area contributed by atoms with E-state index in [9.17, 15) is 19.8 Å². The summed E-state index contributed by atoms with van der Waals surface area (Å²) in [4.78, 5) is 26.5. The molecular formula is C24H20N2O5. The zero-order valence-corrected chi connectivity index (χ0v) is 16.6. The summed E-state index contributed by atoms with van der Waals surface area (Å²) in [5.74, 6) is -0.277. The average Bonchev–Trinajstić information content (AvgIpc) is 3.51. The largest absolute Gasteiger partial charge is 0.481 e. The van der Waals surface area contributed by atoms with Crippen LogP contribution < -0.4 is 5.32 Å². The van der Waals surface area contributed by atoms with Crippen molar-refractivity contribution < 1.29 is 24.2 Å². The number of hydrogen-bond acceptors (Lipinski definition) is 4. The predicted octanol–water partition coefficient (Wildman–Crippen LogP) is 5.79. The zero-order valence-electron chi connectivity index (χ0n) is 16.6. The minimum absolute atomic E-state index is 0.181. The first-order chi connectivity index (χ1) is 14.9. The summed E-state index contributed by atoms with van der Waals surface area (Å²) >= 11 is 0. The molecule has 0 unspecified atom stereocenters. The van der Waals surface area contributed by atoms with Gasteiger partial charge in [0.1, 0.15) is 5.69 Å². The van der Waals surface area contributed by atoms with Gasteiger partial charge >= 0.3 is 12.1 Å². The lowest BCUT2D eigenvalue weighted by Crippen LogP contribution is -2.19.